The Bertz CT molecular complexity index is 1270. The van der Waals surface area contributed by atoms with Crippen LogP contribution in [0.1, 0.15) is 5.56 Å². The van der Waals surface area contributed by atoms with Crippen molar-refractivity contribution < 1.29 is 4.79 Å². The molecule has 3 nitrogen and oxygen atoms in total. The van der Waals surface area contributed by atoms with E-state index in [4.69, 9.17) is 18.0 Å². The number of rotatable bonds is 3. The fourth-order valence-electron chi connectivity index (χ4n) is 3.17. The monoisotopic (exact) mass is 390 g/mol. The van der Waals surface area contributed by atoms with E-state index >= 15 is 0 Å². The molecule has 1 heterocycles. The Morgan fingerprint density at radius 2 is 1.89 bits per heavy atom. The first-order valence-electron chi connectivity index (χ1n) is 8.43. The molecular weight excluding hydrogens is 376 g/mol. The number of fused-ring (bicyclic) bond motifs is 2. The van der Waals surface area contributed by atoms with Gasteiger partial charge in [-0.05, 0) is 28.5 Å². The van der Waals surface area contributed by atoms with E-state index in [0.29, 0.717) is 16.4 Å². The minimum Gasteiger partial charge on any atom is -0.303 e. The molecule has 0 aliphatic heterocycles. The van der Waals surface area contributed by atoms with E-state index in [1.807, 2.05) is 65.2 Å². The predicted octanol–water partition coefficient (Wildman–Crippen LogP) is 4.81. The number of hydrogen-bond donors (Lipinski definition) is 0. The van der Waals surface area contributed by atoms with Crippen LogP contribution in [0.15, 0.2) is 65.7 Å². The average molecular weight is 391 g/mol. The molecule has 0 aliphatic rings. The lowest BCUT2D eigenvalue weighted by molar-refractivity contribution is -0.117. The maximum atomic E-state index is 12.7. The smallest absolute Gasteiger partial charge is 0.252 e. The van der Waals surface area contributed by atoms with Crippen LogP contribution in [0, 0.1) is 12.3 Å². The van der Waals surface area contributed by atoms with E-state index in [1.54, 1.807) is 0 Å². The van der Waals surface area contributed by atoms with Gasteiger partial charge in [-0.1, -0.05) is 77.4 Å². The second kappa shape index (κ2) is 7.40. The molecule has 3 aromatic carbocycles. The highest BCUT2D eigenvalue weighted by molar-refractivity contribution is 7.16. The molecule has 1 aromatic heterocycles. The molecule has 0 fully saturated rings. The normalized spacial score (nSPS) is 11.8. The van der Waals surface area contributed by atoms with Gasteiger partial charge in [0.2, 0.25) is 0 Å². The fraction of sp³-hybridized carbons (Fsp3) is 0.0909. The minimum atomic E-state index is -0.209. The van der Waals surface area contributed by atoms with Gasteiger partial charge in [0.25, 0.3) is 5.91 Å². The highest BCUT2D eigenvalue weighted by Gasteiger charge is 2.11. The topological polar surface area (TPSA) is 34.4 Å². The first-order valence-corrected chi connectivity index (χ1v) is 9.62. The summed E-state index contributed by atoms with van der Waals surface area (Å²) in [5.74, 6) is 2.41. The molecule has 4 aromatic rings. The van der Waals surface area contributed by atoms with Gasteiger partial charge in [-0.25, -0.2) is 0 Å². The van der Waals surface area contributed by atoms with Crippen molar-refractivity contribution in [1.82, 2.24) is 4.57 Å². The van der Waals surface area contributed by atoms with Crippen molar-refractivity contribution in [2.45, 2.75) is 13.0 Å². The fourth-order valence-corrected chi connectivity index (χ4v) is 4.57. The van der Waals surface area contributed by atoms with Gasteiger partial charge in [0.15, 0.2) is 4.80 Å². The van der Waals surface area contributed by atoms with Crippen molar-refractivity contribution in [3.63, 3.8) is 0 Å². The zero-order chi connectivity index (χ0) is 18.8. The summed E-state index contributed by atoms with van der Waals surface area (Å²) in [6.45, 7) is 0.310. The SMILES string of the molecule is C#CCn1c(=NC(=O)Cc2cccc3ccccc23)sc2cccc(Cl)c21. The Morgan fingerprint density at radius 1 is 1.11 bits per heavy atom. The van der Waals surface area contributed by atoms with Crippen molar-refractivity contribution >= 4 is 49.8 Å². The third-order valence-electron chi connectivity index (χ3n) is 4.34. The summed E-state index contributed by atoms with van der Waals surface area (Å²) in [6.07, 6.45) is 5.75. The molecule has 4 rings (SSSR count). The number of terminal acetylenes is 1. The molecule has 1 amide bonds. The third kappa shape index (κ3) is 3.40. The van der Waals surface area contributed by atoms with Crippen molar-refractivity contribution in [2.24, 2.45) is 4.99 Å². The van der Waals surface area contributed by atoms with Crippen molar-refractivity contribution in [3.8, 4) is 12.3 Å². The Labute approximate surface area is 165 Å². The molecule has 0 aliphatic carbocycles. The number of aromatic nitrogens is 1. The number of para-hydroxylation sites is 1. The lowest BCUT2D eigenvalue weighted by atomic mass is 10.0. The van der Waals surface area contributed by atoms with E-state index in [1.165, 1.54) is 11.3 Å². The van der Waals surface area contributed by atoms with E-state index in [0.717, 1.165) is 26.6 Å². The molecule has 0 spiro atoms. The van der Waals surface area contributed by atoms with Gasteiger partial charge in [-0.15, -0.1) is 6.42 Å². The number of carbonyl (C=O) groups excluding carboxylic acids is 1. The number of benzene rings is 3. The molecule has 0 saturated carbocycles. The first-order chi connectivity index (χ1) is 13.2. The van der Waals surface area contributed by atoms with Gasteiger partial charge in [0, 0.05) is 0 Å². The molecule has 0 atom stereocenters. The summed E-state index contributed by atoms with van der Waals surface area (Å²) in [7, 11) is 0. The van der Waals surface area contributed by atoms with Gasteiger partial charge in [-0.3, -0.25) is 4.79 Å². The standard InChI is InChI=1S/C22H15ClN2OS/c1-2-13-25-21-18(23)11-6-12-19(21)27-22(25)24-20(26)14-16-9-5-8-15-7-3-4-10-17(15)16/h1,3-12H,13-14H2. The Kier molecular flexibility index (Phi) is 4.81. The van der Waals surface area contributed by atoms with Crippen LogP contribution >= 0.6 is 22.9 Å². The minimum absolute atomic E-state index is 0.209. The summed E-state index contributed by atoms with van der Waals surface area (Å²) in [5, 5.41) is 2.78. The summed E-state index contributed by atoms with van der Waals surface area (Å²) in [5.41, 5.74) is 1.78. The molecule has 0 N–H and O–H groups in total. The molecule has 0 bridgehead atoms. The summed E-state index contributed by atoms with van der Waals surface area (Å²) >= 11 is 7.75. The highest BCUT2D eigenvalue weighted by atomic mass is 35.5. The zero-order valence-electron chi connectivity index (χ0n) is 14.4. The zero-order valence-corrected chi connectivity index (χ0v) is 15.9. The largest absolute Gasteiger partial charge is 0.303 e. The Morgan fingerprint density at radius 3 is 2.74 bits per heavy atom. The number of amides is 1. The quantitative estimate of drug-likeness (QED) is 0.462. The number of carbonyl (C=O) groups is 1. The molecule has 27 heavy (non-hydrogen) atoms. The van der Waals surface area contributed by atoms with Crippen LogP contribution in [0.4, 0.5) is 0 Å². The van der Waals surface area contributed by atoms with Crippen LogP contribution in [0.25, 0.3) is 21.0 Å². The van der Waals surface area contributed by atoms with Gasteiger partial charge < -0.3 is 4.57 Å². The number of halogens is 1. The predicted molar refractivity (Wildman–Crippen MR) is 112 cm³/mol. The van der Waals surface area contributed by atoms with E-state index < -0.39 is 0 Å². The van der Waals surface area contributed by atoms with Gasteiger partial charge >= 0.3 is 0 Å². The van der Waals surface area contributed by atoms with Gasteiger partial charge in [-0.2, -0.15) is 4.99 Å². The second-order valence-electron chi connectivity index (χ2n) is 6.08. The third-order valence-corrected chi connectivity index (χ3v) is 5.69. The van der Waals surface area contributed by atoms with Crippen molar-refractivity contribution in [3.05, 3.63) is 76.1 Å². The van der Waals surface area contributed by atoms with Crippen LogP contribution in [0.2, 0.25) is 5.02 Å². The van der Waals surface area contributed by atoms with Crippen molar-refractivity contribution in [2.75, 3.05) is 0 Å². The average Bonchev–Trinajstić information content (AvgIpc) is 3.01. The maximum Gasteiger partial charge on any atom is 0.252 e. The highest BCUT2D eigenvalue weighted by Crippen LogP contribution is 2.25. The lowest BCUT2D eigenvalue weighted by Gasteiger charge is -2.04. The van der Waals surface area contributed by atoms with Gasteiger partial charge in [0.05, 0.1) is 28.2 Å². The second-order valence-corrected chi connectivity index (χ2v) is 7.50. The van der Waals surface area contributed by atoms with Crippen molar-refractivity contribution in [1.29, 1.82) is 0 Å². The molecule has 5 heteroatoms. The van der Waals surface area contributed by atoms with Crippen LogP contribution < -0.4 is 4.80 Å². The first kappa shape index (κ1) is 17.5. The lowest BCUT2D eigenvalue weighted by Crippen LogP contribution is -2.17. The van der Waals surface area contributed by atoms with Crippen LogP contribution in [-0.4, -0.2) is 10.5 Å². The molecule has 0 radical (unpaired) electrons. The molecule has 132 valence electrons. The molecule has 0 unspecified atom stereocenters. The maximum absolute atomic E-state index is 12.7. The Hall–Kier alpha value is -2.87. The van der Waals surface area contributed by atoms with Crippen LogP contribution in [-0.2, 0) is 17.8 Å². The molecule has 0 saturated heterocycles. The van der Waals surface area contributed by atoms with E-state index in [9.17, 15) is 4.79 Å². The summed E-state index contributed by atoms with van der Waals surface area (Å²) in [4.78, 5) is 17.6. The number of nitrogens with zero attached hydrogens (tertiary/aromatic N) is 2. The van der Waals surface area contributed by atoms with Crippen LogP contribution in [0.5, 0.6) is 0 Å². The number of hydrogen-bond acceptors (Lipinski definition) is 2. The van der Waals surface area contributed by atoms with E-state index in [-0.39, 0.29) is 12.3 Å². The van der Waals surface area contributed by atoms with Gasteiger partial charge in [0.1, 0.15) is 0 Å². The van der Waals surface area contributed by atoms with E-state index in [2.05, 4.69) is 10.9 Å². The summed E-state index contributed by atoms with van der Waals surface area (Å²) < 4.78 is 2.78. The number of thiazole rings is 1. The Balaban J connectivity index is 1.77. The molecular formula is C22H15ClN2OS. The summed E-state index contributed by atoms with van der Waals surface area (Å²) in [6, 6.07) is 19.6. The van der Waals surface area contributed by atoms with Crippen LogP contribution in [0.3, 0.4) is 0 Å².